The molecule has 0 saturated heterocycles. The molecule has 2 heteroatoms. The second-order valence-corrected chi connectivity index (χ2v) is 5.25. The molecule has 23 heavy (non-hydrogen) atoms. The molecule has 0 unspecified atom stereocenters. The van der Waals surface area contributed by atoms with E-state index >= 15 is 0 Å². The molecule has 2 nitrogen and oxygen atoms in total. The van der Waals surface area contributed by atoms with E-state index in [0.29, 0.717) is 0 Å². The summed E-state index contributed by atoms with van der Waals surface area (Å²) in [5.74, 6) is 0. The molecule has 1 rings (SSSR count). The minimum absolute atomic E-state index is 0.752. The quantitative estimate of drug-likeness (QED) is 0.416. The zero-order chi connectivity index (χ0) is 18.1. The Hall–Kier alpha value is -1.64. The molecular weight excluding hydrogens is 282 g/mol. The number of benzene rings is 1. The summed E-state index contributed by atoms with van der Waals surface area (Å²) in [5.41, 5.74) is 6.85. The molecule has 0 saturated carbocycles. The van der Waals surface area contributed by atoms with Gasteiger partial charge in [-0.05, 0) is 50.8 Å². The number of allylic oxidation sites excluding steroid dienone is 4. The van der Waals surface area contributed by atoms with Gasteiger partial charge in [-0.2, -0.15) is 0 Å². The molecule has 0 atom stereocenters. The SMILES string of the molecule is C=C.CC.CC(C)(O)c1ccc(C/C=C\C=C/CCCN)cc1. The summed E-state index contributed by atoms with van der Waals surface area (Å²) in [7, 11) is 0. The average Bonchev–Trinajstić information content (AvgIpc) is 2.57. The first kappa shape index (κ1) is 23.6. The largest absolute Gasteiger partial charge is 0.386 e. The summed E-state index contributed by atoms with van der Waals surface area (Å²) in [6.45, 7) is 14.4. The standard InChI is InChI=1S/C17H25NO.C2H6.C2H4/c1-17(2,19)16-12-10-15(11-13-16)9-7-5-3-4-6-8-14-18;2*1-2/h3-5,7,10-13,19H,6,8-9,14,18H2,1-2H3;1-2H3;1-2H2/b4-3-,7-5-;;. The first-order chi connectivity index (χ1) is 11.0. The van der Waals surface area contributed by atoms with Gasteiger partial charge in [0.1, 0.15) is 0 Å². The molecule has 1 aromatic rings. The summed E-state index contributed by atoms with van der Waals surface area (Å²) in [5, 5.41) is 9.86. The highest BCUT2D eigenvalue weighted by atomic mass is 16.3. The summed E-state index contributed by atoms with van der Waals surface area (Å²) in [6.07, 6.45) is 11.4. The molecule has 0 aliphatic heterocycles. The lowest BCUT2D eigenvalue weighted by Gasteiger charge is -2.17. The number of rotatable bonds is 7. The molecule has 3 N–H and O–H groups in total. The van der Waals surface area contributed by atoms with Gasteiger partial charge in [0.25, 0.3) is 0 Å². The van der Waals surface area contributed by atoms with Crippen molar-refractivity contribution >= 4 is 0 Å². The smallest absolute Gasteiger partial charge is 0.0840 e. The van der Waals surface area contributed by atoms with Crippen LogP contribution in [0.3, 0.4) is 0 Å². The molecule has 0 aliphatic carbocycles. The normalized spacial score (nSPS) is 10.9. The van der Waals surface area contributed by atoms with Crippen molar-refractivity contribution in [2.75, 3.05) is 6.54 Å². The van der Waals surface area contributed by atoms with Gasteiger partial charge >= 0.3 is 0 Å². The third-order valence-corrected chi connectivity index (χ3v) is 2.97. The fraction of sp³-hybridized carbons (Fsp3) is 0.429. The Morgan fingerprint density at radius 3 is 2.04 bits per heavy atom. The Labute approximate surface area is 143 Å². The van der Waals surface area contributed by atoms with E-state index in [4.69, 9.17) is 5.73 Å². The maximum Gasteiger partial charge on any atom is 0.0840 e. The number of hydrogen-bond acceptors (Lipinski definition) is 2. The highest BCUT2D eigenvalue weighted by molar-refractivity contribution is 5.27. The van der Waals surface area contributed by atoms with Crippen LogP contribution < -0.4 is 5.73 Å². The van der Waals surface area contributed by atoms with Crippen molar-refractivity contribution in [3.8, 4) is 0 Å². The lowest BCUT2D eigenvalue weighted by Crippen LogP contribution is -2.15. The van der Waals surface area contributed by atoms with Gasteiger partial charge in [-0.1, -0.05) is 62.4 Å². The molecule has 0 bridgehead atoms. The van der Waals surface area contributed by atoms with Crippen molar-refractivity contribution < 1.29 is 5.11 Å². The van der Waals surface area contributed by atoms with Crippen molar-refractivity contribution in [2.24, 2.45) is 5.73 Å². The lowest BCUT2D eigenvalue weighted by molar-refractivity contribution is 0.0786. The highest BCUT2D eigenvalue weighted by Gasteiger charge is 2.14. The van der Waals surface area contributed by atoms with Gasteiger partial charge < -0.3 is 10.8 Å². The fourth-order valence-electron chi connectivity index (χ4n) is 1.74. The van der Waals surface area contributed by atoms with E-state index in [-0.39, 0.29) is 0 Å². The molecule has 0 amide bonds. The second-order valence-electron chi connectivity index (χ2n) is 5.25. The maximum absolute atomic E-state index is 9.86. The van der Waals surface area contributed by atoms with Gasteiger partial charge in [-0.25, -0.2) is 0 Å². The molecule has 0 fully saturated rings. The zero-order valence-electron chi connectivity index (χ0n) is 15.4. The van der Waals surface area contributed by atoms with Crippen molar-refractivity contribution in [1.29, 1.82) is 0 Å². The van der Waals surface area contributed by atoms with E-state index in [2.05, 4.69) is 49.6 Å². The van der Waals surface area contributed by atoms with Crippen molar-refractivity contribution in [2.45, 2.75) is 52.6 Å². The van der Waals surface area contributed by atoms with Gasteiger partial charge in [-0.3, -0.25) is 0 Å². The van der Waals surface area contributed by atoms with Crippen LogP contribution in [0.15, 0.2) is 61.7 Å². The molecule has 0 heterocycles. The van der Waals surface area contributed by atoms with Crippen LogP contribution in [0, 0.1) is 0 Å². The molecular formula is C21H35NO. The van der Waals surface area contributed by atoms with Gasteiger partial charge in [0.15, 0.2) is 0 Å². The van der Waals surface area contributed by atoms with Crippen molar-refractivity contribution in [1.82, 2.24) is 0 Å². The fourth-order valence-corrected chi connectivity index (χ4v) is 1.74. The van der Waals surface area contributed by atoms with Crippen LogP contribution in [0.2, 0.25) is 0 Å². The van der Waals surface area contributed by atoms with Gasteiger partial charge in [0, 0.05) is 0 Å². The van der Waals surface area contributed by atoms with Gasteiger partial charge in [0.05, 0.1) is 5.60 Å². The second kappa shape index (κ2) is 15.3. The lowest BCUT2D eigenvalue weighted by atomic mass is 9.97. The minimum atomic E-state index is -0.764. The van der Waals surface area contributed by atoms with E-state index in [9.17, 15) is 5.11 Å². The maximum atomic E-state index is 9.86. The van der Waals surface area contributed by atoms with E-state index in [1.54, 1.807) is 13.8 Å². The van der Waals surface area contributed by atoms with Crippen LogP contribution in [-0.4, -0.2) is 11.7 Å². The van der Waals surface area contributed by atoms with Crippen LogP contribution >= 0.6 is 0 Å². The predicted octanol–water partition coefficient (Wildman–Crippen LogP) is 5.14. The van der Waals surface area contributed by atoms with Gasteiger partial charge in [-0.15, -0.1) is 13.2 Å². The third-order valence-electron chi connectivity index (χ3n) is 2.97. The van der Waals surface area contributed by atoms with Crippen LogP contribution in [0.1, 0.15) is 51.7 Å². The monoisotopic (exact) mass is 317 g/mol. The summed E-state index contributed by atoms with van der Waals surface area (Å²) in [4.78, 5) is 0. The molecule has 0 aromatic heterocycles. The number of hydrogen-bond donors (Lipinski definition) is 2. The summed E-state index contributed by atoms with van der Waals surface area (Å²) >= 11 is 0. The molecule has 0 aliphatic rings. The first-order valence-electron chi connectivity index (χ1n) is 8.37. The van der Waals surface area contributed by atoms with Crippen LogP contribution in [0.25, 0.3) is 0 Å². The minimum Gasteiger partial charge on any atom is -0.386 e. The number of unbranched alkanes of at least 4 members (excludes halogenated alkanes) is 1. The Bertz CT molecular complexity index is 424. The summed E-state index contributed by atoms with van der Waals surface area (Å²) < 4.78 is 0. The number of nitrogens with two attached hydrogens (primary N) is 1. The number of aliphatic hydroxyl groups is 1. The van der Waals surface area contributed by atoms with Crippen molar-refractivity contribution in [3.63, 3.8) is 0 Å². The summed E-state index contributed by atoms with van der Waals surface area (Å²) in [6, 6.07) is 8.10. The molecule has 1 aromatic carbocycles. The van der Waals surface area contributed by atoms with E-state index < -0.39 is 5.60 Å². The van der Waals surface area contributed by atoms with Crippen LogP contribution in [0.4, 0.5) is 0 Å². The van der Waals surface area contributed by atoms with Crippen LogP contribution in [-0.2, 0) is 12.0 Å². The Morgan fingerprint density at radius 2 is 1.57 bits per heavy atom. The van der Waals surface area contributed by atoms with Crippen molar-refractivity contribution in [3.05, 3.63) is 72.9 Å². The molecule has 0 radical (unpaired) electrons. The highest BCUT2D eigenvalue weighted by Crippen LogP contribution is 2.19. The predicted molar refractivity (Wildman–Crippen MR) is 105 cm³/mol. The average molecular weight is 318 g/mol. The Kier molecular flexibility index (Phi) is 15.7. The Balaban J connectivity index is 0. The molecule has 0 spiro atoms. The zero-order valence-corrected chi connectivity index (χ0v) is 15.4. The Morgan fingerprint density at radius 1 is 1.04 bits per heavy atom. The van der Waals surface area contributed by atoms with E-state index in [1.807, 2.05) is 26.0 Å². The van der Waals surface area contributed by atoms with Gasteiger partial charge in [0.2, 0.25) is 0 Å². The van der Waals surface area contributed by atoms with Crippen LogP contribution in [0.5, 0.6) is 0 Å². The first-order valence-corrected chi connectivity index (χ1v) is 8.37. The van der Waals surface area contributed by atoms with E-state index in [0.717, 1.165) is 31.4 Å². The van der Waals surface area contributed by atoms with E-state index in [1.165, 1.54) is 5.56 Å². The molecule has 130 valence electrons. The topological polar surface area (TPSA) is 46.2 Å². The third kappa shape index (κ3) is 12.6.